The predicted octanol–water partition coefficient (Wildman–Crippen LogP) is 4.61. The van der Waals surface area contributed by atoms with Crippen molar-refractivity contribution in [3.8, 4) is 10.9 Å². The monoisotopic (exact) mass is 330 g/mol. The fraction of sp³-hybridized carbons (Fsp3) is 0. The van der Waals surface area contributed by atoms with Gasteiger partial charge in [-0.05, 0) is 35.9 Å². The molecule has 4 aromatic rings. The third-order valence-electron chi connectivity index (χ3n) is 3.11. The Kier molecular flexibility index (Phi) is 3.06. The van der Waals surface area contributed by atoms with Gasteiger partial charge >= 0.3 is 0 Å². The number of aromatic nitrogens is 2. The minimum Gasteiger partial charge on any atom is -0.463 e. The standard InChI is InChI=1S/C15H7ClN2O3S/c16-13(19)10-7-20-11-6-8(3-4-9(10)11)21-15-18-14-12(22-15)2-1-5-17-14/h1-7H. The van der Waals surface area contributed by atoms with Crippen molar-refractivity contribution in [2.45, 2.75) is 0 Å². The molecule has 0 radical (unpaired) electrons. The summed E-state index contributed by atoms with van der Waals surface area (Å²) >= 11 is 6.90. The first-order chi connectivity index (χ1) is 10.7. The molecule has 108 valence electrons. The number of thiazole rings is 1. The van der Waals surface area contributed by atoms with E-state index in [1.165, 1.54) is 17.6 Å². The summed E-state index contributed by atoms with van der Waals surface area (Å²) in [5.41, 5.74) is 1.52. The molecule has 0 saturated carbocycles. The Morgan fingerprint density at radius 2 is 2.23 bits per heavy atom. The van der Waals surface area contributed by atoms with Crippen LogP contribution in [0, 0.1) is 0 Å². The largest absolute Gasteiger partial charge is 0.463 e. The number of carbonyl (C=O) groups is 1. The van der Waals surface area contributed by atoms with Crippen LogP contribution < -0.4 is 4.74 Å². The van der Waals surface area contributed by atoms with E-state index >= 15 is 0 Å². The summed E-state index contributed by atoms with van der Waals surface area (Å²) in [5, 5.41) is 0.594. The van der Waals surface area contributed by atoms with Crippen LogP contribution in [0.15, 0.2) is 47.2 Å². The molecule has 0 aliphatic carbocycles. The smallest absolute Gasteiger partial charge is 0.281 e. The van der Waals surface area contributed by atoms with Gasteiger partial charge in [0.2, 0.25) is 0 Å². The lowest BCUT2D eigenvalue weighted by Crippen LogP contribution is -1.86. The van der Waals surface area contributed by atoms with Crippen molar-refractivity contribution >= 4 is 49.5 Å². The second-order valence-corrected chi connectivity index (χ2v) is 5.82. The van der Waals surface area contributed by atoms with Crippen molar-refractivity contribution in [1.29, 1.82) is 0 Å². The molecule has 0 N–H and O–H groups in total. The van der Waals surface area contributed by atoms with E-state index in [0.717, 1.165) is 4.70 Å². The fourth-order valence-corrected chi connectivity index (χ4v) is 3.06. The highest BCUT2D eigenvalue weighted by Crippen LogP contribution is 2.32. The zero-order chi connectivity index (χ0) is 15.1. The van der Waals surface area contributed by atoms with Crippen molar-refractivity contribution in [1.82, 2.24) is 9.97 Å². The molecule has 0 aliphatic rings. The number of benzene rings is 1. The highest BCUT2D eigenvalue weighted by atomic mass is 35.5. The van der Waals surface area contributed by atoms with Crippen LogP contribution in [-0.2, 0) is 0 Å². The van der Waals surface area contributed by atoms with Gasteiger partial charge in [-0.1, -0.05) is 11.3 Å². The number of halogens is 1. The number of ether oxygens (including phenoxy) is 1. The van der Waals surface area contributed by atoms with Gasteiger partial charge in [0, 0.05) is 17.6 Å². The van der Waals surface area contributed by atoms with Crippen LogP contribution in [0.25, 0.3) is 21.3 Å². The van der Waals surface area contributed by atoms with Gasteiger partial charge in [0.05, 0.1) is 10.3 Å². The second-order valence-electron chi connectivity index (χ2n) is 4.49. The van der Waals surface area contributed by atoms with E-state index < -0.39 is 5.24 Å². The fourth-order valence-electron chi connectivity index (χ4n) is 2.12. The summed E-state index contributed by atoms with van der Waals surface area (Å²) in [6.07, 6.45) is 3.02. The summed E-state index contributed by atoms with van der Waals surface area (Å²) in [4.78, 5) is 19.7. The van der Waals surface area contributed by atoms with E-state index in [9.17, 15) is 4.79 Å². The van der Waals surface area contributed by atoms with Crippen LogP contribution in [0.2, 0.25) is 0 Å². The number of hydrogen-bond donors (Lipinski definition) is 0. The topological polar surface area (TPSA) is 65.2 Å². The Bertz CT molecular complexity index is 975. The molecule has 0 fully saturated rings. The van der Waals surface area contributed by atoms with Gasteiger partial charge in [-0.15, -0.1) is 0 Å². The summed E-state index contributed by atoms with van der Waals surface area (Å²) in [7, 11) is 0. The number of fused-ring (bicyclic) bond motifs is 2. The first-order valence-corrected chi connectivity index (χ1v) is 7.50. The summed E-state index contributed by atoms with van der Waals surface area (Å²) < 4.78 is 12.0. The third kappa shape index (κ3) is 2.22. The van der Waals surface area contributed by atoms with Gasteiger partial charge in [-0.3, -0.25) is 4.79 Å². The van der Waals surface area contributed by atoms with Crippen molar-refractivity contribution in [3.63, 3.8) is 0 Å². The Morgan fingerprint density at radius 1 is 1.32 bits per heavy atom. The summed E-state index contributed by atoms with van der Waals surface area (Å²) in [6.45, 7) is 0. The molecule has 5 nitrogen and oxygen atoms in total. The average Bonchev–Trinajstić information content (AvgIpc) is 3.09. The maximum Gasteiger partial charge on any atom is 0.281 e. The van der Waals surface area contributed by atoms with Crippen LogP contribution in [-0.4, -0.2) is 15.2 Å². The summed E-state index contributed by atoms with van der Waals surface area (Å²) in [6, 6.07) is 8.94. The van der Waals surface area contributed by atoms with Gasteiger partial charge in [0.25, 0.3) is 10.4 Å². The van der Waals surface area contributed by atoms with Crippen LogP contribution >= 0.6 is 22.9 Å². The van der Waals surface area contributed by atoms with Crippen LogP contribution in [0.4, 0.5) is 0 Å². The number of nitrogens with zero attached hydrogens (tertiary/aromatic N) is 2. The van der Waals surface area contributed by atoms with E-state index in [4.69, 9.17) is 20.8 Å². The molecular weight excluding hydrogens is 324 g/mol. The van der Waals surface area contributed by atoms with Crippen LogP contribution in [0.5, 0.6) is 10.9 Å². The van der Waals surface area contributed by atoms with Gasteiger partial charge in [0.15, 0.2) is 5.65 Å². The van der Waals surface area contributed by atoms with E-state index in [1.807, 2.05) is 12.1 Å². The zero-order valence-electron chi connectivity index (χ0n) is 10.9. The number of rotatable bonds is 3. The lowest BCUT2D eigenvalue weighted by Gasteiger charge is -2.00. The average molecular weight is 331 g/mol. The predicted molar refractivity (Wildman–Crippen MR) is 83.9 cm³/mol. The van der Waals surface area contributed by atoms with E-state index in [1.54, 1.807) is 24.4 Å². The molecule has 7 heteroatoms. The van der Waals surface area contributed by atoms with Crippen LogP contribution in [0.1, 0.15) is 10.4 Å². The van der Waals surface area contributed by atoms with E-state index in [-0.39, 0.29) is 0 Å². The molecule has 0 unspecified atom stereocenters. The number of carbonyl (C=O) groups excluding carboxylic acids is 1. The third-order valence-corrected chi connectivity index (χ3v) is 4.20. The molecule has 0 amide bonds. The van der Waals surface area contributed by atoms with Gasteiger partial charge in [-0.25, -0.2) is 4.98 Å². The number of furan rings is 1. The Balaban J connectivity index is 1.70. The van der Waals surface area contributed by atoms with E-state index in [0.29, 0.717) is 33.1 Å². The molecule has 4 rings (SSSR count). The second kappa shape index (κ2) is 5.08. The minimum atomic E-state index is -0.551. The molecule has 1 aromatic carbocycles. The van der Waals surface area contributed by atoms with Crippen molar-refractivity contribution in [2.24, 2.45) is 0 Å². The van der Waals surface area contributed by atoms with Gasteiger partial charge in [0.1, 0.15) is 17.6 Å². The first-order valence-electron chi connectivity index (χ1n) is 6.31. The molecule has 0 aliphatic heterocycles. The highest BCUT2D eigenvalue weighted by molar-refractivity contribution is 7.20. The van der Waals surface area contributed by atoms with Crippen molar-refractivity contribution in [3.05, 3.63) is 48.4 Å². The van der Waals surface area contributed by atoms with Crippen LogP contribution in [0.3, 0.4) is 0 Å². The molecule has 0 atom stereocenters. The molecule has 0 spiro atoms. The lowest BCUT2D eigenvalue weighted by atomic mass is 10.2. The molecule has 0 saturated heterocycles. The molecule has 3 heterocycles. The normalized spacial score (nSPS) is 11.1. The zero-order valence-corrected chi connectivity index (χ0v) is 12.5. The SMILES string of the molecule is O=C(Cl)c1coc2cc(Oc3nc4ncccc4s3)ccc12. The minimum absolute atomic E-state index is 0.340. The molecule has 22 heavy (non-hydrogen) atoms. The number of hydrogen-bond acceptors (Lipinski definition) is 6. The molecule has 0 bridgehead atoms. The maximum absolute atomic E-state index is 11.3. The highest BCUT2D eigenvalue weighted by Gasteiger charge is 2.13. The number of pyridine rings is 1. The first kappa shape index (κ1) is 13.2. The van der Waals surface area contributed by atoms with Crippen molar-refractivity contribution in [2.75, 3.05) is 0 Å². The Labute approximate surface area is 133 Å². The lowest BCUT2D eigenvalue weighted by molar-refractivity contribution is 0.108. The Morgan fingerprint density at radius 3 is 3.05 bits per heavy atom. The quantitative estimate of drug-likeness (QED) is 0.513. The van der Waals surface area contributed by atoms with Gasteiger partial charge < -0.3 is 9.15 Å². The molecule has 3 aromatic heterocycles. The Hall–Kier alpha value is -2.44. The summed E-state index contributed by atoms with van der Waals surface area (Å²) in [5.74, 6) is 0.564. The van der Waals surface area contributed by atoms with Gasteiger partial charge in [-0.2, -0.15) is 4.98 Å². The van der Waals surface area contributed by atoms with E-state index in [2.05, 4.69) is 9.97 Å². The molecular formula is C15H7ClN2O3S. The maximum atomic E-state index is 11.3. The van der Waals surface area contributed by atoms with Crippen molar-refractivity contribution < 1.29 is 13.9 Å².